The quantitative estimate of drug-likeness (QED) is 0.629. The Labute approximate surface area is 113 Å². The number of ether oxygens (including phenoxy) is 1. The number of benzene rings is 1. The summed E-state index contributed by atoms with van der Waals surface area (Å²) in [6.45, 7) is 0.779. The standard InChI is InChI=1S/C15H20N2O2/c16-13-6-8-14(9-7-13)19-11-15(18)17-10-12-4-2-1-3-5-12/h1-2,6-9,12H,3-5,10-11,16H2,(H,17,18). The Bertz CT molecular complexity index is 440. The van der Waals surface area contributed by atoms with Gasteiger partial charge in [-0.3, -0.25) is 4.79 Å². The molecule has 1 aromatic rings. The van der Waals surface area contributed by atoms with E-state index < -0.39 is 0 Å². The molecule has 4 nitrogen and oxygen atoms in total. The van der Waals surface area contributed by atoms with Crippen LogP contribution in [0.4, 0.5) is 5.69 Å². The minimum Gasteiger partial charge on any atom is -0.484 e. The van der Waals surface area contributed by atoms with Crippen molar-refractivity contribution in [2.45, 2.75) is 19.3 Å². The highest BCUT2D eigenvalue weighted by molar-refractivity contribution is 5.77. The fourth-order valence-corrected chi connectivity index (χ4v) is 2.06. The van der Waals surface area contributed by atoms with Gasteiger partial charge in [0.05, 0.1) is 0 Å². The van der Waals surface area contributed by atoms with E-state index in [1.54, 1.807) is 24.3 Å². The monoisotopic (exact) mass is 260 g/mol. The molecule has 0 radical (unpaired) electrons. The van der Waals surface area contributed by atoms with Crippen LogP contribution in [0.15, 0.2) is 36.4 Å². The Morgan fingerprint density at radius 2 is 2.11 bits per heavy atom. The molecule has 0 fully saturated rings. The number of hydrogen-bond donors (Lipinski definition) is 2. The predicted octanol–water partition coefficient (Wildman–Crippen LogP) is 2.12. The predicted molar refractivity (Wildman–Crippen MR) is 75.8 cm³/mol. The molecule has 0 saturated heterocycles. The first-order valence-corrected chi connectivity index (χ1v) is 6.64. The van der Waals surface area contributed by atoms with Gasteiger partial charge in [0.15, 0.2) is 6.61 Å². The van der Waals surface area contributed by atoms with Crippen molar-refractivity contribution in [2.75, 3.05) is 18.9 Å². The molecule has 102 valence electrons. The van der Waals surface area contributed by atoms with Crippen LogP contribution in [0.5, 0.6) is 5.75 Å². The van der Waals surface area contributed by atoms with Gasteiger partial charge in [0, 0.05) is 12.2 Å². The summed E-state index contributed by atoms with van der Waals surface area (Å²) in [7, 11) is 0. The Hall–Kier alpha value is -1.97. The van der Waals surface area contributed by atoms with Crippen LogP contribution in [0.1, 0.15) is 19.3 Å². The molecule has 2 rings (SSSR count). The van der Waals surface area contributed by atoms with Crippen molar-refractivity contribution < 1.29 is 9.53 Å². The van der Waals surface area contributed by atoms with E-state index in [1.807, 2.05) is 0 Å². The third-order valence-corrected chi connectivity index (χ3v) is 3.22. The first kappa shape index (κ1) is 13.5. The fraction of sp³-hybridized carbons (Fsp3) is 0.400. The molecule has 0 spiro atoms. The highest BCUT2D eigenvalue weighted by Crippen LogP contribution is 2.17. The Balaban J connectivity index is 1.66. The summed E-state index contributed by atoms with van der Waals surface area (Å²) in [5.74, 6) is 1.14. The van der Waals surface area contributed by atoms with Gasteiger partial charge >= 0.3 is 0 Å². The van der Waals surface area contributed by atoms with Crippen LogP contribution in [-0.2, 0) is 4.79 Å². The van der Waals surface area contributed by atoms with Crippen molar-refractivity contribution in [1.82, 2.24) is 5.32 Å². The van der Waals surface area contributed by atoms with Gasteiger partial charge in [-0.2, -0.15) is 0 Å². The molecule has 1 atom stereocenters. The molecule has 0 aliphatic heterocycles. The SMILES string of the molecule is Nc1ccc(OCC(=O)NCC2CC=CCC2)cc1. The van der Waals surface area contributed by atoms with E-state index in [1.165, 1.54) is 0 Å². The highest BCUT2D eigenvalue weighted by atomic mass is 16.5. The molecule has 1 unspecified atom stereocenters. The van der Waals surface area contributed by atoms with Crippen molar-refractivity contribution in [3.63, 3.8) is 0 Å². The number of nitrogen functional groups attached to an aromatic ring is 1. The maximum absolute atomic E-state index is 11.6. The van der Waals surface area contributed by atoms with Gasteiger partial charge in [-0.1, -0.05) is 12.2 Å². The summed E-state index contributed by atoms with van der Waals surface area (Å²) in [4.78, 5) is 11.6. The zero-order valence-corrected chi connectivity index (χ0v) is 11.0. The second-order valence-electron chi connectivity index (χ2n) is 4.81. The number of nitrogens with one attached hydrogen (secondary N) is 1. The summed E-state index contributed by atoms with van der Waals surface area (Å²) in [6, 6.07) is 7.02. The molecule has 1 aromatic carbocycles. The average molecular weight is 260 g/mol. The molecular formula is C15H20N2O2. The van der Waals surface area contributed by atoms with Gasteiger partial charge in [-0.05, 0) is 49.4 Å². The maximum atomic E-state index is 11.6. The first-order valence-electron chi connectivity index (χ1n) is 6.64. The molecule has 0 bridgehead atoms. The van der Waals surface area contributed by atoms with Crippen molar-refractivity contribution in [2.24, 2.45) is 5.92 Å². The smallest absolute Gasteiger partial charge is 0.257 e. The van der Waals surface area contributed by atoms with Crippen LogP contribution < -0.4 is 15.8 Å². The Kier molecular flexibility index (Phi) is 4.84. The summed E-state index contributed by atoms with van der Waals surface area (Å²) < 4.78 is 5.38. The molecule has 4 heteroatoms. The number of amides is 1. The zero-order chi connectivity index (χ0) is 13.5. The zero-order valence-electron chi connectivity index (χ0n) is 11.0. The van der Waals surface area contributed by atoms with E-state index in [-0.39, 0.29) is 12.5 Å². The van der Waals surface area contributed by atoms with Crippen LogP contribution in [0.2, 0.25) is 0 Å². The summed E-state index contributed by atoms with van der Waals surface area (Å²) in [6.07, 6.45) is 7.70. The number of nitrogens with two attached hydrogens (primary N) is 1. The van der Waals surface area contributed by atoms with Gasteiger partial charge in [0.25, 0.3) is 5.91 Å². The second kappa shape index (κ2) is 6.83. The van der Waals surface area contributed by atoms with E-state index in [0.29, 0.717) is 17.4 Å². The highest BCUT2D eigenvalue weighted by Gasteiger charge is 2.11. The number of anilines is 1. The van der Waals surface area contributed by atoms with Crippen LogP contribution in [0.3, 0.4) is 0 Å². The lowest BCUT2D eigenvalue weighted by Crippen LogP contribution is -2.33. The van der Waals surface area contributed by atoms with Crippen molar-refractivity contribution in [1.29, 1.82) is 0 Å². The summed E-state index contributed by atoms with van der Waals surface area (Å²) >= 11 is 0. The second-order valence-corrected chi connectivity index (χ2v) is 4.81. The normalized spacial score (nSPS) is 18.0. The largest absolute Gasteiger partial charge is 0.484 e. The number of hydrogen-bond acceptors (Lipinski definition) is 3. The third kappa shape index (κ3) is 4.66. The Morgan fingerprint density at radius 3 is 2.79 bits per heavy atom. The lowest BCUT2D eigenvalue weighted by molar-refractivity contribution is -0.123. The van der Waals surface area contributed by atoms with Crippen LogP contribution >= 0.6 is 0 Å². The van der Waals surface area contributed by atoms with Crippen molar-refractivity contribution in [3.8, 4) is 5.75 Å². The lowest BCUT2D eigenvalue weighted by Gasteiger charge is -2.18. The average Bonchev–Trinajstić information content (AvgIpc) is 2.45. The van der Waals surface area contributed by atoms with Crippen molar-refractivity contribution in [3.05, 3.63) is 36.4 Å². The summed E-state index contributed by atoms with van der Waals surface area (Å²) in [5.41, 5.74) is 6.26. The maximum Gasteiger partial charge on any atom is 0.257 e. The van der Waals surface area contributed by atoms with E-state index in [2.05, 4.69) is 17.5 Å². The molecule has 0 aromatic heterocycles. The molecule has 19 heavy (non-hydrogen) atoms. The fourth-order valence-electron chi connectivity index (χ4n) is 2.06. The number of carbonyl (C=O) groups excluding carboxylic acids is 1. The molecule has 3 N–H and O–H groups in total. The van der Waals surface area contributed by atoms with E-state index in [4.69, 9.17) is 10.5 Å². The topological polar surface area (TPSA) is 64.3 Å². The van der Waals surface area contributed by atoms with Gasteiger partial charge in [0.1, 0.15) is 5.75 Å². The molecular weight excluding hydrogens is 240 g/mol. The molecule has 1 amide bonds. The molecule has 0 saturated carbocycles. The molecule has 1 aliphatic rings. The van der Waals surface area contributed by atoms with Crippen LogP contribution in [0, 0.1) is 5.92 Å². The first-order chi connectivity index (χ1) is 9.24. The van der Waals surface area contributed by atoms with E-state index in [0.717, 1.165) is 25.8 Å². The minimum absolute atomic E-state index is 0.0481. The van der Waals surface area contributed by atoms with Gasteiger partial charge in [0.2, 0.25) is 0 Å². The third-order valence-electron chi connectivity index (χ3n) is 3.22. The van der Waals surface area contributed by atoms with E-state index in [9.17, 15) is 4.79 Å². The van der Waals surface area contributed by atoms with E-state index >= 15 is 0 Å². The number of carbonyl (C=O) groups is 1. The Morgan fingerprint density at radius 1 is 1.32 bits per heavy atom. The lowest BCUT2D eigenvalue weighted by atomic mass is 9.94. The molecule has 0 heterocycles. The number of allylic oxidation sites excluding steroid dienone is 2. The molecule has 1 aliphatic carbocycles. The van der Waals surface area contributed by atoms with Crippen LogP contribution in [0.25, 0.3) is 0 Å². The van der Waals surface area contributed by atoms with Crippen LogP contribution in [-0.4, -0.2) is 19.1 Å². The number of rotatable bonds is 5. The van der Waals surface area contributed by atoms with Gasteiger partial charge < -0.3 is 15.8 Å². The summed E-state index contributed by atoms with van der Waals surface area (Å²) in [5, 5.41) is 2.91. The van der Waals surface area contributed by atoms with Gasteiger partial charge in [-0.15, -0.1) is 0 Å². The van der Waals surface area contributed by atoms with Gasteiger partial charge in [-0.25, -0.2) is 0 Å². The minimum atomic E-state index is -0.0774. The van der Waals surface area contributed by atoms with Crippen molar-refractivity contribution >= 4 is 11.6 Å².